The number of hydrazine groups is 1. The Morgan fingerprint density at radius 1 is 0.410 bits per heavy atom. The van der Waals surface area contributed by atoms with Crippen LogP contribution in [0.3, 0.4) is 0 Å². The minimum Gasteiger partial charge on any atom is -0.508 e. The summed E-state index contributed by atoms with van der Waals surface area (Å²) in [5.74, 6) is -19.9. The first-order chi connectivity index (χ1) is 63.6. The van der Waals surface area contributed by atoms with E-state index in [2.05, 4.69) is 85.3 Å². The average molecular weight is 1870 g/mol. The number of amides is 16. The van der Waals surface area contributed by atoms with Crippen molar-refractivity contribution in [3.8, 4) is 23.0 Å². The van der Waals surface area contributed by atoms with Crippen molar-refractivity contribution in [2.45, 2.75) is 229 Å². The highest BCUT2D eigenvalue weighted by atomic mass is 16.5. The van der Waals surface area contributed by atoms with Crippen LogP contribution in [0.15, 0.2) is 121 Å². The highest BCUT2D eigenvalue weighted by Gasteiger charge is 2.39. The molecule has 43 heteroatoms. The number of fused-ring (bicyclic) bond motifs is 2. The van der Waals surface area contributed by atoms with Crippen LogP contribution in [0.5, 0.6) is 23.0 Å². The fraction of sp³-hybridized carbons (Fsp3) is 0.484. The molecule has 0 unspecified atom stereocenters. The molecule has 28 N–H and O–H groups in total. The van der Waals surface area contributed by atoms with Gasteiger partial charge in [-0.1, -0.05) is 108 Å². The van der Waals surface area contributed by atoms with Gasteiger partial charge in [-0.15, -0.1) is 0 Å². The number of aromatic hydroxyl groups is 3. The zero-order valence-corrected chi connectivity index (χ0v) is 76.1. The first kappa shape index (κ1) is 109. The summed E-state index contributed by atoms with van der Waals surface area (Å²) in [6.07, 6.45) is -4.25. The summed E-state index contributed by atoms with van der Waals surface area (Å²) in [6.45, 7) is 9.77. The number of carboxylic acid groups (broad SMARTS) is 1. The van der Waals surface area contributed by atoms with Crippen molar-refractivity contribution >= 4 is 106 Å². The molecular formula is C91H127N19O24. The number of ether oxygens (including phenoxy) is 1. The van der Waals surface area contributed by atoms with Gasteiger partial charge in [-0.2, -0.15) is 0 Å². The van der Waals surface area contributed by atoms with E-state index in [1.165, 1.54) is 106 Å². The van der Waals surface area contributed by atoms with Gasteiger partial charge in [0.2, 0.25) is 70.9 Å². The number of aliphatic hydroxyl groups excluding tert-OH is 2. The molecule has 5 aromatic rings. The van der Waals surface area contributed by atoms with E-state index < -0.39 is 217 Å². The summed E-state index contributed by atoms with van der Waals surface area (Å²) in [5.41, 5.74) is 24.2. The lowest BCUT2D eigenvalue weighted by atomic mass is 9.98. The number of carboxylic acids is 1. The second-order valence-corrected chi connectivity index (χ2v) is 33.8. The average Bonchev–Trinajstić information content (AvgIpc) is 0.838. The minimum absolute atomic E-state index is 0.0211. The minimum atomic E-state index is -1.97. The molecule has 730 valence electrons. The lowest BCUT2D eigenvalue weighted by Crippen LogP contribution is -2.62. The number of nitrogens with one attached hydrogen (secondary N) is 16. The molecule has 1 aliphatic heterocycles. The van der Waals surface area contributed by atoms with Gasteiger partial charge < -0.3 is 127 Å². The third-order valence-electron chi connectivity index (χ3n) is 21.5. The van der Waals surface area contributed by atoms with Crippen LogP contribution in [0.25, 0.3) is 0 Å². The number of hydrogen-bond donors (Lipinski definition) is 25. The zero-order chi connectivity index (χ0) is 99.0. The number of carbonyl (C=O) groups excluding carboxylic acids is 16. The van der Waals surface area contributed by atoms with Crippen LogP contribution in [-0.2, 0) is 102 Å². The standard InChI is InChI=1S/C91H127N19O24/c1-48(2)40-65-81(123)102-66(41-49(3)4)82(124)104-69(44-54-23-30-58(114)31-24-54)85(127)105-70(45-55-25-32-59(115)33-26-55)86(128)108-75(51(7)112)89(131)99-64(34-36-73(116)117)79(121)95-38-14-18-61(93)77(119)100-67(42-52-16-10-9-11-17-52)83(125)98-63(20-12-13-37-92)87(129)110-109-76(118)60-46-56(27-35-72(60)134-8)97-90(132)91(133)107-74(50(5)6)88(130)106-71(47-111)80(122)96-39-15-19-62(94)78(120)101-68(84(126)103-65)43-53-21-28-57(113)29-22-53/h9-11,16-17,21-33,35,46,48-51,61-71,74-75,111-115H,12-15,18-20,34,36-45,47,92-94H2,1-8H3,(H,95,121)(H,96,122)(H,97,132)(H,98,125)(H,99,131)(H,100,119)(H,101,120)(H,102,123)(H,103,126)(H,104,124)(H,105,127)(H,106,130)(H,107,133)(H,108,128)(H,109,118)(H,110,129)(H,116,117)/t51-,61+,62+,63+,64+,65+,66+,67+,68+,69+,70+,71+,74+,75+/m1/s1. The van der Waals surface area contributed by atoms with Crippen molar-refractivity contribution in [2.24, 2.45) is 35.0 Å². The first-order valence-corrected chi connectivity index (χ1v) is 44.2. The number of benzene rings is 5. The third kappa shape index (κ3) is 36.7. The molecule has 134 heavy (non-hydrogen) atoms. The van der Waals surface area contributed by atoms with E-state index in [1.807, 2.05) is 0 Å². The number of nitrogens with two attached hydrogens (primary N) is 3. The third-order valence-corrected chi connectivity index (χ3v) is 21.5. The molecule has 1 heterocycles. The van der Waals surface area contributed by atoms with Gasteiger partial charge in [-0.05, 0) is 172 Å². The molecule has 6 rings (SSSR count). The van der Waals surface area contributed by atoms with E-state index in [1.54, 1.807) is 58.0 Å². The largest absolute Gasteiger partial charge is 0.508 e. The lowest BCUT2D eigenvalue weighted by Gasteiger charge is -2.29. The molecule has 43 nitrogen and oxygen atoms in total. The first-order valence-electron chi connectivity index (χ1n) is 44.2. The second-order valence-electron chi connectivity index (χ2n) is 33.8. The van der Waals surface area contributed by atoms with Gasteiger partial charge in [0.1, 0.15) is 89.5 Å². The Hall–Kier alpha value is -13.9. The Kier molecular flexibility index (Phi) is 44.5. The van der Waals surface area contributed by atoms with Gasteiger partial charge in [-0.25, -0.2) is 0 Å². The molecule has 0 aliphatic carbocycles. The maximum Gasteiger partial charge on any atom is 0.313 e. The van der Waals surface area contributed by atoms with E-state index in [4.69, 9.17) is 21.9 Å². The quantitative estimate of drug-likeness (QED) is 0.0235. The molecule has 1 aliphatic rings. The number of anilines is 1. The van der Waals surface area contributed by atoms with Gasteiger partial charge in [-0.3, -0.25) is 92.4 Å². The van der Waals surface area contributed by atoms with Gasteiger partial charge in [0.15, 0.2) is 0 Å². The van der Waals surface area contributed by atoms with Crippen molar-refractivity contribution in [3.05, 3.63) is 149 Å². The van der Waals surface area contributed by atoms with E-state index in [0.29, 0.717) is 28.7 Å². The molecule has 0 fully saturated rings. The van der Waals surface area contributed by atoms with Crippen LogP contribution in [-0.4, -0.2) is 249 Å². The van der Waals surface area contributed by atoms with Crippen molar-refractivity contribution in [2.75, 3.05) is 38.7 Å². The monoisotopic (exact) mass is 1870 g/mol. The van der Waals surface area contributed by atoms with Crippen LogP contribution in [0.4, 0.5) is 5.69 Å². The number of hydrogen-bond acceptors (Lipinski definition) is 26. The van der Waals surface area contributed by atoms with E-state index in [0.717, 1.165) is 13.0 Å². The molecule has 14 atom stereocenters. The van der Waals surface area contributed by atoms with Crippen molar-refractivity contribution in [1.82, 2.24) is 80.0 Å². The Balaban J connectivity index is 1.34. The van der Waals surface area contributed by atoms with Gasteiger partial charge in [0, 0.05) is 50.9 Å². The van der Waals surface area contributed by atoms with Crippen molar-refractivity contribution in [1.29, 1.82) is 0 Å². The number of unbranched alkanes of at least 4 members (excludes halogenated alkanes) is 1. The van der Waals surface area contributed by atoms with Crippen LogP contribution in [0, 0.1) is 17.8 Å². The summed E-state index contributed by atoms with van der Waals surface area (Å²) in [5, 5.41) is 97.7. The normalized spacial score (nSPS) is 23.3. The van der Waals surface area contributed by atoms with Crippen molar-refractivity contribution < 1.29 is 117 Å². The van der Waals surface area contributed by atoms with Crippen LogP contribution < -0.4 is 107 Å². The fourth-order valence-corrected chi connectivity index (χ4v) is 14.0. The molecule has 0 spiro atoms. The lowest BCUT2D eigenvalue weighted by molar-refractivity contribution is -0.139. The number of carbonyl (C=O) groups is 17. The van der Waals surface area contributed by atoms with Crippen LogP contribution in [0.1, 0.15) is 152 Å². The van der Waals surface area contributed by atoms with Gasteiger partial charge in [0.05, 0.1) is 37.5 Å². The summed E-state index contributed by atoms with van der Waals surface area (Å²) in [4.78, 5) is 240. The zero-order valence-electron chi connectivity index (χ0n) is 76.1. The van der Waals surface area contributed by atoms with Gasteiger partial charge in [0.25, 0.3) is 11.8 Å². The predicted molar refractivity (Wildman–Crippen MR) is 487 cm³/mol. The van der Waals surface area contributed by atoms with E-state index >= 15 is 9.59 Å². The Morgan fingerprint density at radius 2 is 0.799 bits per heavy atom. The highest BCUT2D eigenvalue weighted by Crippen LogP contribution is 2.24. The van der Waals surface area contributed by atoms with E-state index in [9.17, 15) is 103 Å². The predicted octanol–water partition coefficient (Wildman–Crippen LogP) is -2.61. The Morgan fingerprint density at radius 3 is 1.22 bits per heavy atom. The molecule has 2 bridgehead atoms. The fourth-order valence-electron chi connectivity index (χ4n) is 14.0. The van der Waals surface area contributed by atoms with E-state index in [-0.39, 0.29) is 136 Å². The number of aliphatic carboxylic acids is 1. The van der Waals surface area contributed by atoms with Gasteiger partial charge >= 0.3 is 17.8 Å². The molecule has 5 aromatic carbocycles. The molecule has 0 saturated carbocycles. The Labute approximate surface area is 774 Å². The SMILES string of the molecule is COc1ccc2cc1C(=O)NNC(=O)[C@H](CCCCN)NC(=O)[C@H](Cc1ccccc1)NC(=O)[C@@H](N)CCCNC(=O)[C@H](CCC(=O)O)NC(=O)[C@H]([C@@H](C)O)NC(=O)[C@H](Cc1ccc(O)cc1)NC(=O)[C@H](Cc1ccc(O)cc1)NC(=O)[C@H](CC(C)C)NC(=O)[C@H](CC(C)C)NC(=O)[C@H](Cc1ccc(O)cc1)NC(=O)[C@@H](N)CCCNC(=O)[C@H](CO)NC(=O)[C@H](C(C)C)NC(=O)C(=O)N2. The molecule has 0 radical (unpaired) electrons. The Bertz CT molecular complexity index is 4840. The number of methoxy groups -OCH3 is 1. The maximum atomic E-state index is 15.1. The molecule has 0 saturated heterocycles. The topological polar surface area (TPSA) is 691 Å². The molecule has 0 aromatic heterocycles. The van der Waals surface area contributed by atoms with Crippen LogP contribution in [0.2, 0.25) is 0 Å². The second kappa shape index (κ2) is 54.8. The number of phenols is 3. The number of aliphatic hydroxyl groups is 2. The maximum absolute atomic E-state index is 15.1. The summed E-state index contributed by atoms with van der Waals surface area (Å²) >= 11 is 0. The molecule has 16 amide bonds. The summed E-state index contributed by atoms with van der Waals surface area (Å²) in [7, 11) is 1.20. The van der Waals surface area contributed by atoms with Crippen LogP contribution >= 0.6 is 0 Å². The summed E-state index contributed by atoms with van der Waals surface area (Å²) < 4.78 is 5.39. The van der Waals surface area contributed by atoms with Crippen molar-refractivity contribution in [3.63, 3.8) is 0 Å². The highest BCUT2D eigenvalue weighted by molar-refractivity contribution is 6.40. The summed E-state index contributed by atoms with van der Waals surface area (Å²) in [6, 6.07) is 8.18. The number of phenolic OH excluding ortho intramolecular Hbond substituents is 3. The smallest absolute Gasteiger partial charge is 0.313 e. The number of rotatable bonds is 23. The molecular weight excluding hydrogens is 1740 g/mol.